The molecule has 128 valence electrons. The second kappa shape index (κ2) is 7.06. The second-order valence-corrected chi connectivity index (χ2v) is 6.40. The largest absolute Gasteiger partial charge is 0.379 e. The fourth-order valence-electron chi connectivity index (χ4n) is 2.75. The Labute approximate surface area is 140 Å². The van der Waals surface area contributed by atoms with Crippen LogP contribution in [0.1, 0.15) is 24.2 Å². The van der Waals surface area contributed by atoms with Crippen molar-refractivity contribution in [1.29, 1.82) is 0 Å². The highest BCUT2D eigenvalue weighted by atomic mass is 16.5. The van der Waals surface area contributed by atoms with Crippen molar-refractivity contribution in [2.45, 2.75) is 19.4 Å². The Morgan fingerprint density at radius 2 is 2.12 bits per heavy atom. The minimum Gasteiger partial charge on any atom is -0.379 e. The summed E-state index contributed by atoms with van der Waals surface area (Å²) in [6, 6.07) is 7.22. The first-order valence-electron chi connectivity index (χ1n) is 8.01. The molecule has 1 aromatic heterocycles. The van der Waals surface area contributed by atoms with E-state index in [1.165, 1.54) is 11.0 Å². The van der Waals surface area contributed by atoms with Gasteiger partial charge in [-0.1, -0.05) is 6.07 Å². The zero-order valence-corrected chi connectivity index (χ0v) is 14.0. The molecule has 1 N–H and O–H groups in total. The van der Waals surface area contributed by atoms with Crippen LogP contribution in [-0.4, -0.2) is 69.4 Å². The molecular formula is C16H22N6O2. The summed E-state index contributed by atoms with van der Waals surface area (Å²) in [5, 5.41) is 14.1. The SMILES string of the molecule is CC(C)(CNC(=O)c1cccc(-n2cnnn2)c1)N1CCOCC1. The van der Waals surface area contributed by atoms with Crippen LogP contribution in [0, 0.1) is 0 Å². The number of hydrogen-bond donors (Lipinski definition) is 1. The van der Waals surface area contributed by atoms with Gasteiger partial charge in [-0.2, -0.15) is 0 Å². The van der Waals surface area contributed by atoms with E-state index in [-0.39, 0.29) is 11.4 Å². The molecule has 1 saturated heterocycles. The summed E-state index contributed by atoms with van der Waals surface area (Å²) in [4.78, 5) is 14.8. The van der Waals surface area contributed by atoms with Crippen molar-refractivity contribution in [3.05, 3.63) is 36.2 Å². The van der Waals surface area contributed by atoms with Crippen molar-refractivity contribution >= 4 is 5.91 Å². The molecule has 2 aromatic rings. The summed E-state index contributed by atoms with van der Waals surface area (Å²) in [6.45, 7) is 8.10. The summed E-state index contributed by atoms with van der Waals surface area (Å²) >= 11 is 0. The summed E-state index contributed by atoms with van der Waals surface area (Å²) in [5.74, 6) is -0.105. The van der Waals surface area contributed by atoms with E-state index < -0.39 is 0 Å². The Kier molecular flexibility index (Phi) is 4.86. The molecule has 0 aliphatic carbocycles. The number of nitrogens with zero attached hydrogens (tertiary/aromatic N) is 5. The smallest absolute Gasteiger partial charge is 0.251 e. The summed E-state index contributed by atoms with van der Waals surface area (Å²) in [6.07, 6.45) is 1.50. The van der Waals surface area contributed by atoms with Crippen molar-refractivity contribution in [3.63, 3.8) is 0 Å². The number of amides is 1. The van der Waals surface area contributed by atoms with Gasteiger partial charge in [0.15, 0.2) is 0 Å². The Hall–Kier alpha value is -2.32. The molecule has 0 unspecified atom stereocenters. The average molecular weight is 330 g/mol. The first-order chi connectivity index (χ1) is 11.6. The van der Waals surface area contributed by atoms with E-state index in [2.05, 4.69) is 39.6 Å². The van der Waals surface area contributed by atoms with E-state index in [9.17, 15) is 4.79 Å². The predicted octanol–water partition coefficient (Wildman–Crippen LogP) is 0.503. The van der Waals surface area contributed by atoms with Gasteiger partial charge >= 0.3 is 0 Å². The van der Waals surface area contributed by atoms with Gasteiger partial charge in [-0.25, -0.2) is 4.68 Å². The van der Waals surface area contributed by atoms with E-state index in [1.807, 2.05) is 12.1 Å². The molecule has 0 atom stereocenters. The number of hydrogen-bond acceptors (Lipinski definition) is 6. The van der Waals surface area contributed by atoms with Crippen LogP contribution in [0.4, 0.5) is 0 Å². The molecule has 1 aliphatic heterocycles. The second-order valence-electron chi connectivity index (χ2n) is 6.40. The number of benzene rings is 1. The van der Waals surface area contributed by atoms with Crippen LogP contribution in [-0.2, 0) is 4.74 Å². The third kappa shape index (κ3) is 3.77. The number of nitrogens with one attached hydrogen (secondary N) is 1. The monoisotopic (exact) mass is 330 g/mol. The van der Waals surface area contributed by atoms with Gasteiger partial charge in [0, 0.05) is 30.7 Å². The lowest BCUT2D eigenvalue weighted by Crippen LogP contribution is -2.55. The summed E-state index contributed by atoms with van der Waals surface area (Å²) in [5.41, 5.74) is 1.22. The molecule has 0 radical (unpaired) electrons. The molecule has 8 heteroatoms. The highest BCUT2D eigenvalue weighted by molar-refractivity contribution is 5.94. The molecule has 2 heterocycles. The van der Waals surface area contributed by atoms with Crippen LogP contribution in [0.5, 0.6) is 0 Å². The van der Waals surface area contributed by atoms with Crippen LogP contribution < -0.4 is 5.32 Å². The van der Waals surface area contributed by atoms with Crippen LogP contribution in [0.2, 0.25) is 0 Å². The minimum absolute atomic E-state index is 0.105. The van der Waals surface area contributed by atoms with Gasteiger partial charge in [0.05, 0.1) is 18.9 Å². The lowest BCUT2D eigenvalue weighted by Gasteiger charge is -2.40. The fraction of sp³-hybridized carbons (Fsp3) is 0.500. The van der Waals surface area contributed by atoms with Gasteiger partial charge in [0.1, 0.15) is 6.33 Å². The van der Waals surface area contributed by atoms with Gasteiger partial charge in [-0.15, -0.1) is 5.10 Å². The molecule has 3 rings (SSSR count). The quantitative estimate of drug-likeness (QED) is 0.859. The number of aromatic nitrogens is 4. The number of carbonyl (C=O) groups is 1. The normalized spacial score (nSPS) is 16.1. The molecule has 0 saturated carbocycles. The van der Waals surface area contributed by atoms with Gasteiger partial charge in [-0.3, -0.25) is 9.69 Å². The minimum atomic E-state index is -0.118. The fourth-order valence-corrected chi connectivity index (χ4v) is 2.75. The number of rotatable bonds is 5. The van der Waals surface area contributed by atoms with Crippen molar-refractivity contribution < 1.29 is 9.53 Å². The van der Waals surface area contributed by atoms with Crippen LogP contribution in [0.25, 0.3) is 5.69 Å². The highest BCUT2D eigenvalue weighted by Gasteiger charge is 2.28. The van der Waals surface area contributed by atoms with E-state index >= 15 is 0 Å². The molecule has 24 heavy (non-hydrogen) atoms. The Balaban J connectivity index is 1.63. The van der Waals surface area contributed by atoms with Crippen molar-refractivity contribution in [3.8, 4) is 5.69 Å². The molecule has 1 fully saturated rings. The van der Waals surface area contributed by atoms with Gasteiger partial charge in [0.25, 0.3) is 5.91 Å². The van der Waals surface area contributed by atoms with Crippen molar-refractivity contribution in [2.75, 3.05) is 32.8 Å². The standard InChI is InChI=1S/C16H22N6O2/c1-16(2,21-6-8-24-9-7-21)11-17-15(23)13-4-3-5-14(10-13)22-12-18-19-20-22/h3-5,10,12H,6-9,11H2,1-2H3,(H,17,23). The van der Waals surface area contributed by atoms with Crippen LogP contribution >= 0.6 is 0 Å². The molecule has 0 spiro atoms. The number of tetrazole rings is 1. The Bertz CT molecular complexity index is 680. The Morgan fingerprint density at radius 3 is 2.83 bits per heavy atom. The number of morpholine rings is 1. The topological polar surface area (TPSA) is 85.2 Å². The first kappa shape index (κ1) is 16.5. The third-order valence-corrected chi connectivity index (χ3v) is 4.27. The van der Waals surface area contributed by atoms with Gasteiger partial charge in [-0.05, 0) is 42.5 Å². The first-order valence-corrected chi connectivity index (χ1v) is 8.01. The predicted molar refractivity (Wildman–Crippen MR) is 88.0 cm³/mol. The summed E-state index contributed by atoms with van der Waals surface area (Å²) in [7, 11) is 0. The maximum absolute atomic E-state index is 12.5. The molecule has 1 aromatic carbocycles. The van der Waals surface area contributed by atoms with Crippen molar-refractivity contribution in [2.24, 2.45) is 0 Å². The number of carbonyl (C=O) groups excluding carboxylic acids is 1. The lowest BCUT2D eigenvalue weighted by atomic mass is 10.0. The molecular weight excluding hydrogens is 308 g/mol. The zero-order chi connectivity index (χ0) is 17.0. The van der Waals surface area contributed by atoms with E-state index in [0.29, 0.717) is 12.1 Å². The van der Waals surface area contributed by atoms with E-state index in [0.717, 1.165) is 32.0 Å². The lowest BCUT2D eigenvalue weighted by molar-refractivity contribution is -0.00923. The van der Waals surface area contributed by atoms with Gasteiger partial charge < -0.3 is 10.1 Å². The third-order valence-electron chi connectivity index (χ3n) is 4.27. The maximum atomic E-state index is 12.5. The van der Waals surface area contributed by atoms with Crippen molar-refractivity contribution in [1.82, 2.24) is 30.4 Å². The Morgan fingerprint density at radius 1 is 1.33 bits per heavy atom. The molecule has 8 nitrogen and oxygen atoms in total. The maximum Gasteiger partial charge on any atom is 0.251 e. The zero-order valence-electron chi connectivity index (χ0n) is 14.0. The van der Waals surface area contributed by atoms with E-state index in [4.69, 9.17) is 4.74 Å². The van der Waals surface area contributed by atoms with Crippen LogP contribution in [0.3, 0.4) is 0 Å². The molecule has 1 aliphatic rings. The van der Waals surface area contributed by atoms with E-state index in [1.54, 1.807) is 12.1 Å². The molecule has 0 bridgehead atoms. The highest BCUT2D eigenvalue weighted by Crippen LogP contribution is 2.16. The number of ether oxygens (including phenoxy) is 1. The molecule has 1 amide bonds. The van der Waals surface area contributed by atoms with Gasteiger partial charge in [0.2, 0.25) is 0 Å². The van der Waals surface area contributed by atoms with Crippen LogP contribution in [0.15, 0.2) is 30.6 Å². The summed E-state index contributed by atoms with van der Waals surface area (Å²) < 4.78 is 6.91. The average Bonchev–Trinajstić information content (AvgIpc) is 3.15.